The Morgan fingerprint density at radius 3 is 2.37 bits per heavy atom. The highest BCUT2D eigenvalue weighted by Crippen LogP contribution is 2.33. The minimum atomic E-state index is -0.461. The summed E-state index contributed by atoms with van der Waals surface area (Å²) in [6.45, 7) is 0. The molecule has 8 nitrogen and oxygen atoms in total. The van der Waals surface area contributed by atoms with Gasteiger partial charge in [-0.05, 0) is 18.2 Å². The number of fused-ring (bicyclic) bond motifs is 1. The lowest BCUT2D eigenvalue weighted by atomic mass is 10.2. The fraction of sp³-hybridized carbons (Fsp3) is 0.238. The number of aryl methyl sites for hydroxylation is 1. The van der Waals surface area contributed by atoms with Gasteiger partial charge >= 0.3 is 0 Å². The Bertz CT molecular complexity index is 1240. The third-order valence-corrected chi connectivity index (χ3v) is 6.01. The molecule has 154 valence electrons. The van der Waals surface area contributed by atoms with Crippen LogP contribution in [0.5, 0.6) is 11.5 Å². The van der Waals surface area contributed by atoms with Crippen LogP contribution in [0, 0.1) is 0 Å². The quantitative estimate of drug-likeness (QED) is 0.600. The molecule has 1 aliphatic rings. The second-order valence-corrected chi connectivity index (χ2v) is 7.72. The normalized spacial score (nSPS) is 14.6. The molecular weight excluding hydrogens is 406 g/mol. The highest BCUT2D eigenvalue weighted by molar-refractivity contribution is 7.16. The Kier molecular flexibility index (Phi) is 5.13. The number of carbonyl (C=O) groups is 3. The van der Waals surface area contributed by atoms with Crippen molar-refractivity contribution in [3.8, 4) is 11.5 Å². The molecule has 4 rings (SSSR count). The van der Waals surface area contributed by atoms with Crippen LogP contribution in [0.2, 0.25) is 0 Å². The molecule has 0 unspecified atom stereocenters. The highest BCUT2D eigenvalue weighted by atomic mass is 32.1. The molecule has 1 saturated heterocycles. The summed E-state index contributed by atoms with van der Waals surface area (Å²) in [6, 6.07) is 10.1. The Labute approximate surface area is 176 Å². The molecule has 30 heavy (non-hydrogen) atoms. The maximum atomic E-state index is 12.8. The van der Waals surface area contributed by atoms with Crippen molar-refractivity contribution in [2.24, 2.45) is 12.0 Å². The number of thiazole rings is 1. The molecule has 0 spiro atoms. The summed E-state index contributed by atoms with van der Waals surface area (Å²) in [4.78, 5) is 42.6. The summed E-state index contributed by atoms with van der Waals surface area (Å²) in [5, 5.41) is 0. The molecule has 1 fully saturated rings. The van der Waals surface area contributed by atoms with E-state index in [4.69, 9.17) is 9.47 Å². The molecule has 2 aromatic carbocycles. The molecule has 0 atom stereocenters. The maximum absolute atomic E-state index is 12.8. The SMILES string of the molecule is COc1cc2sc(=NC(=O)c3cccc(N4C(=O)CCC4=O)c3)n(C)c2cc1OC. The summed E-state index contributed by atoms with van der Waals surface area (Å²) in [5.74, 6) is 0.194. The number of carbonyl (C=O) groups excluding carboxylic acids is 3. The first-order chi connectivity index (χ1) is 14.4. The van der Waals surface area contributed by atoms with Gasteiger partial charge < -0.3 is 14.0 Å². The zero-order chi connectivity index (χ0) is 21.4. The Morgan fingerprint density at radius 2 is 1.70 bits per heavy atom. The van der Waals surface area contributed by atoms with Crippen LogP contribution in [0.15, 0.2) is 41.4 Å². The maximum Gasteiger partial charge on any atom is 0.279 e. The van der Waals surface area contributed by atoms with E-state index in [2.05, 4.69) is 4.99 Å². The second kappa shape index (κ2) is 7.75. The average Bonchev–Trinajstić information content (AvgIpc) is 3.25. The lowest BCUT2D eigenvalue weighted by Crippen LogP contribution is -2.28. The first kappa shape index (κ1) is 19.8. The first-order valence-corrected chi connectivity index (χ1v) is 10.0. The number of hydrogen-bond donors (Lipinski definition) is 0. The van der Waals surface area contributed by atoms with Crippen LogP contribution in [0.3, 0.4) is 0 Å². The molecule has 0 radical (unpaired) electrons. The fourth-order valence-corrected chi connectivity index (χ4v) is 4.38. The smallest absolute Gasteiger partial charge is 0.279 e. The van der Waals surface area contributed by atoms with Gasteiger partial charge in [0.05, 0.1) is 30.1 Å². The van der Waals surface area contributed by atoms with Gasteiger partial charge in [-0.15, -0.1) is 0 Å². The van der Waals surface area contributed by atoms with Crippen LogP contribution < -0.4 is 19.2 Å². The van der Waals surface area contributed by atoms with E-state index in [1.807, 2.05) is 19.2 Å². The average molecular weight is 425 g/mol. The highest BCUT2D eigenvalue weighted by Gasteiger charge is 2.30. The fourth-order valence-electron chi connectivity index (χ4n) is 3.36. The van der Waals surface area contributed by atoms with Crippen molar-refractivity contribution in [2.45, 2.75) is 12.8 Å². The van der Waals surface area contributed by atoms with Crippen molar-refractivity contribution < 1.29 is 23.9 Å². The van der Waals surface area contributed by atoms with Gasteiger partial charge in [0.2, 0.25) is 11.8 Å². The number of hydrogen-bond acceptors (Lipinski definition) is 6. The van der Waals surface area contributed by atoms with E-state index < -0.39 is 5.91 Å². The number of benzene rings is 2. The van der Waals surface area contributed by atoms with Gasteiger partial charge in [-0.25, -0.2) is 0 Å². The molecule has 9 heteroatoms. The molecule has 0 saturated carbocycles. The molecule has 0 bridgehead atoms. The van der Waals surface area contributed by atoms with Crippen molar-refractivity contribution in [1.82, 2.24) is 4.57 Å². The Balaban J connectivity index is 1.73. The molecule has 0 aliphatic carbocycles. The van der Waals surface area contributed by atoms with Crippen LogP contribution in [0.25, 0.3) is 10.2 Å². The molecule has 2 heterocycles. The summed E-state index contributed by atoms with van der Waals surface area (Å²) < 4.78 is 13.4. The van der Waals surface area contributed by atoms with Gasteiger partial charge in [0.1, 0.15) is 0 Å². The van der Waals surface area contributed by atoms with Crippen LogP contribution in [0.4, 0.5) is 5.69 Å². The number of rotatable bonds is 4. The van der Waals surface area contributed by atoms with E-state index in [1.54, 1.807) is 37.0 Å². The number of nitrogens with zero attached hydrogens (tertiary/aromatic N) is 3. The molecular formula is C21H19N3O5S. The summed E-state index contributed by atoms with van der Waals surface area (Å²) >= 11 is 1.35. The van der Waals surface area contributed by atoms with Crippen molar-refractivity contribution >= 4 is 45.0 Å². The Hall–Kier alpha value is -3.46. The third kappa shape index (κ3) is 3.37. The third-order valence-electron chi connectivity index (χ3n) is 4.91. The number of anilines is 1. The molecule has 0 N–H and O–H groups in total. The largest absolute Gasteiger partial charge is 0.493 e. The van der Waals surface area contributed by atoms with Gasteiger partial charge in [0.25, 0.3) is 5.91 Å². The predicted octanol–water partition coefficient (Wildman–Crippen LogP) is 2.65. The van der Waals surface area contributed by atoms with Crippen molar-refractivity contribution in [3.63, 3.8) is 0 Å². The summed E-state index contributed by atoms with van der Waals surface area (Å²) in [7, 11) is 4.94. The van der Waals surface area contributed by atoms with E-state index in [1.165, 1.54) is 17.4 Å². The second-order valence-electron chi connectivity index (χ2n) is 6.71. The van der Waals surface area contributed by atoms with Crippen molar-refractivity contribution in [3.05, 3.63) is 46.8 Å². The number of imide groups is 1. The minimum Gasteiger partial charge on any atom is -0.493 e. The van der Waals surface area contributed by atoms with Crippen LogP contribution in [-0.2, 0) is 16.6 Å². The zero-order valence-electron chi connectivity index (χ0n) is 16.7. The van der Waals surface area contributed by atoms with Crippen LogP contribution >= 0.6 is 11.3 Å². The van der Waals surface area contributed by atoms with Crippen molar-refractivity contribution in [1.29, 1.82) is 0 Å². The molecule has 1 aromatic heterocycles. The standard InChI is InChI=1S/C21H19N3O5S/c1-23-14-10-15(28-2)16(29-3)11-17(14)30-21(23)22-20(27)12-5-4-6-13(9-12)24-18(25)7-8-19(24)26/h4-6,9-11H,7-8H2,1-3H3. The summed E-state index contributed by atoms with van der Waals surface area (Å²) in [6.07, 6.45) is 0.373. The van der Waals surface area contributed by atoms with Crippen LogP contribution in [0.1, 0.15) is 23.2 Å². The molecule has 3 amide bonds. The number of amides is 3. The Morgan fingerprint density at radius 1 is 1.03 bits per heavy atom. The van der Waals surface area contributed by atoms with E-state index in [0.29, 0.717) is 27.6 Å². The number of aromatic nitrogens is 1. The lowest BCUT2D eigenvalue weighted by Gasteiger charge is -2.14. The van der Waals surface area contributed by atoms with Crippen molar-refractivity contribution in [2.75, 3.05) is 19.1 Å². The van der Waals surface area contributed by atoms with Gasteiger partial charge in [-0.2, -0.15) is 4.99 Å². The minimum absolute atomic E-state index is 0.186. The van der Waals surface area contributed by atoms with Gasteiger partial charge in [-0.1, -0.05) is 17.4 Å². The van der Waals surface area contributed by atoms with E-state index in [9.17, 15) is 14.4 Å². The predicted molar refractivity (Wildman–Crippen MR) is 112 cm³/mol. The molecule has 1 aliphatic heterocycles. The topological polar surface area (TPSA) is 90.2 Å². The van der Waals surface area contributed by atoms with E-state index in [0.717, 1.165) is 15.1 Å². The molecule has 3 aromatic rings. The zero-order valence-corrected chi connectivity index (χ0v) is 17.5. The first-order valence-electron chi connectivity index (χ1n) is 9.19. The number of methoxy groups -OCH3 is 2. The summed E-state index contributed by atoms with van der Waals surface area (Å²) in [5.41, 5.74) is 1.54. The monoisotopic (exact) mass is 425 g/mol. The lowest BCUT2D eigenvalue weighted by molar-refractivity contribution is -0.121. The van der Waals surface area contributed by atoms with E-state index in [-0.39, 0.29) is 24.7 Å². The van der Waals surface area contributed by atoms with Crippen LogP contribution in [-0.4, -0.2) is 36.5 Å². The van der Waals surface area contributed by atoms with Gasteiger partial charge in [0, 0.05) is 37.6 Å². The number of ether oxygens (including phenoxy) is 2. The van der Waals surface area contributed by atoms with Gasteiger partial charge in [0.15, 0.2) is 16.3 Å². The van der Waals surface area contributed by atoms with Gasteiger partial charge in [-0.3, -0.25) is 19.3 Å². The van der Waals surface area contributed by atoms with E-state index >= 15 is 0 Å².